The number of hydrogen-bond donors (Lipinski definition) is 0. The highest BCUT2D eigenvalue weighted by Crippen LogP contribution is 2.54. The number of fused-ring (bicyclic) bond motifs is 2. The molecule has 1 heteroatoms. The first kappa shape index (κ1) is 12.4. The van der Waals surface area contributed by atoms with E-state index in [9.17, 15) is 0 Å². The van der Waals surface area contributed by atoms with E-state index in [0.29, 0.717) is 0 Å². The maximum Gasteiger partial charge on any atom is -0.00601 e. The maximum atomic E-state index is 2.49. The number of hydrogen-bond acceptors (Lipinski definition) is 0. The fourth-order valence-electron chi connectivity index (χ4n) is 3.76. The van der Waals surface area contributed by atoms with E-state index in [2.05, 4.69) is 72.8 Å². The Balaban J connectivity index is 1.76. The van der Waals surface area contributed by atoms with Crippen LogP contribution in [0.3, 0.4) is 0 Å². The minimum absolute atomic E-state index is 0.218. The fourth-order valence-corrected chi connectivity index (χ4v) is 6.89. The van der Waals surface area contributed by atoms with E-state index >= 15 is 0 Å². The summed E-state index contributed by atoms with van der Waals surface area (Å²) in [5.41, 5.74) is 0.838. The minimum atomic E-state index is -0.218. The van der Waals surface area contributed by atoms with Gasteiger partial charge in [0.15, 0.2) is 0 Å². The SMILES string of the molecule is C1=C[C@@H]2C[C@H]1C[C@H]2P(c1ccccc1)c1ccccc1. The summed E-state index contributed by atoms with van der Waals surface area (Å²) in [6.07, 6.45) is 7.71. The topological polar surface area (TPSA) is 0 Å². The van der Waals surface area contributed by atoms with Crippen LogP contribution < -0.4 is 10.6 Å². The van der Waals surface area contributed by atoms with Crippen molar-refractivity contribution in [1.82, 2.24) is 0 Å². The molecule has 0 unspecified atom stereocenters. The molecule has 0 aromatic heterocycles. The quantitative estimate of drug-likeness (QED) is 0.586. The lowest BCUT2D eigenvalue weighted by molar-refractivity contribution is 0.692. The smallest absolute Gasteiger partial charge is 0.00601 e. The zero-order valence-corrected chi connectivity index (χ0v) is 12.4. The van der Waals surface area contributed by atoms with Gasteiger partial charge in [-0.15, -0.1) is 0 Å². The Bertz CT molecular complexity index is 563. The van der Waals surface area contributed by atoms with Crippen molar-refractivity contribution in [3.05, 3.63) is 72.8 Å². The molecule has 0 spiro atoms. The summed E-state index contributed by atoms with van der Waals surface area (Å²) in [4.78, 5) is 0. The Morgan fingerprint density at radius 1 is 0.700 bits per heavy atom. The third-order valence-electron chi connectivity index (χ3n) is 4.64. The molecule has 0 heterocycles. The van der Waals surface area contributed by atoms with Crippen LogP contribution in [0.15, 0.2) is 72.8 Å². The van der Waals surface area contributed by atoms with Crippen LogP contribution in [0.1, 0.15) is 12.8 Å². The Hall–Kier alpha value is -1.39. The lowest BCUT2D eigenvalue weighted by atomic mass is 10.1. The molecule has 2 aromatic rings. The first-order valence-electron chi connectivity index (χ1n) is 7.49. The van der Waals surface area contributed by atoms with Gasteiger partial charge in [0.1, 0.15) is 0 Å². The van der Waals surface area contributed by atoms with Crippen molar-refractivity contribution in [3.8, 4) is 0 Å². The van der Waals surface area contributed by atoms with Gasteiger partial charge in [-0.1, -0.05) is 72.8 Å². The van der Waals surface area contributed by atoms with Gasteiger partial charge in [0.05, 0.1) is 0 Å². The molecule has 20 heavy (non-hydrogen) atoms. The van der Waals surface area contributed by atoms with Gasteiger partial charge in [-0.2, -0.15) is 0 Å². The van der Waals surface area contributed by atoms with Crippen LogP contribution in [0.25, 0.3) is 0 Å². The molecule has 3 atom stereocenters. The first-order chi connectivity index (χ1) is 9.92. The molecule has 2 bridgehead atoms. The van der Waals surface area contributed by atoms with Crippen molar-refractivity contribution in [3.63, 3.8) is 0 Å². The van der Waals surface area contributed by atoms with E-state index in [1.54, 1.807) is 10.6 Å². The van der Waals surface area contributed by atoms with E-state index in [4.69, 9.17) is 0 Å². The third-order valence-corrected chi connectivity index (χ3v) is 7.61. The highest BCUT2D eigenvalue weighted by molar-refractivity contribution is 7.73. The summed E-state index contributed by atoms with van der Waals surface area (Å²) in [6.45, 7) is 0. The van der Waals surface area contributed by atoms with Crippen LogP contribution in [-0.2, 0) is 0 Å². The fraction of sp³-hybridized carbons (Fsp3) is 0.263. The molecule has 2 aromatic carbocycles. The van der Waals surface area contributed by atoms with Gasteiger partial charge < -0.3 is 0 Å². The predicted molar refractivity (Wildman–Crippen MR) is 88.2 cm³/mol. The minimum Gasteiger partial charge on any atom is -0.0851 e. The van der Waals surface area contributed by atoms with Crippen molar-refractivity contribution in [1.29, 1.82) is 0 Å². The summed E-state index contributed by atoms with van der Waals surface area (Å²) in [7, 11) is -0.218. The van der Waals surface area contributed by atoms with Crippen LogP contribution in [0.4, 0.5) is 0 Å². The maximum absolute atomic E-state index is 2.49. The molecule has 1 saturated carbocycles. The highest BCUT2D eigenvalue weighted by atomic mass is 31.1. The molecule has 0 amide bonds. The van der Waals surface area contributed by atoms with Crippen LogP contribution in [0.5, 0.6) is 0 Å². The van der Waals surface area contributed by atoms with Gasteiger partial charge in [-0.25, -0.2) is 0 Å². The van der Waals surface area contributed by atoms with Crippen molar-refractivity contribution >= 4 is 18.5 Å². The van der Waals surface area contributed by atoms with Gasteiger partial charge in [0.2, 0.25) is 0 Å². The van der Waals surface area contributed by atoms with Crippen molar-refractivity contribution in [2.24, 2.45) is 11.8 Å². The molecule has 2 aliphatic carbocycles. The largest absolute Gasteiger partial charge is 0.0851 e. The van der Waals surface area contributed by atoms with E-state index in [1.165, 1.54) is 12.8 Å². The standard InChI is InChI=1S/C19H19P/c1-3-7-17(8-4-1)20(18-9-5-2-6-10-18)19-14-15-11-12-16(19)13-15/h1-12,15-16,19H,13-14H2/t15-,16+,19+/m0/s1. The van der Waals surface area contributed by atoms with E-state index < -0.39 is 0 Å². The van der Waals surface area contributed by atoms with Gasteiger partial charge in [-0.3, -0.25) is 0 Å². The van der Waals surface area contributed by atoms with Gasteiger partial charge in [0, 0.05) is 0 Å². The summed E-state index contributed by atoms with van der Waals surface area (Å²) >= 11 is 0. The number of allylic oxidation sites excluding steroid dienone is 2. The first-order valence-corrected chi connectivity index (χ1v) is 8.90. The summed E-state index contributed by atoms with van der Waals surface area (Å²) in [5.74, 6) is 1.66. The zero-order chi connectivity index (χ0) is 13.4. The molecule has 0 nitrogen and oxygen atoms in total. The third kappa shape index (κ3) is 2.13. The average Bonchev–Trinajstić information content (AvgIpc) is 3.13. The molecular formula is C19H19P. The highest BCUT2D eigenvalue weighted by Gasteiger charge is 2.40. The number of rotatable bonds is 3. The van der Waals surface area contributed by atoms with E-state index in [1.807, 2.05) is 0 Å². The van der Waals surface area contributed by atoms with Gasteiger partial charge >= 0.3 is 0 Å². The molecule has 0 radical (unpaired) electrons. The number of benzene rings is 2. The summed E-state index contributed by atoms with van der Waals surface area (Å²) < 4.78 is 0. The Kier molecular flexibility index (Phi) is 3.20. The molecule has 0 N–H and O–H groups in total. The summed E-state index contributed by atoms with van der Waals surface area (Å²) in [6, 6.07) is 22.3. The molecule has 1 fully saturated rings. The van der Waals surface area contributed by atoms with Crippen LogP contribution in [-0.4, -0.2) is 5.66 Å². The lowest BCUT2D eigenvalue weighted by Gasteiger charge is -2.30. The predicted octanol–water partition coefficient (Wildman–Crippen LogP) is 4.08. The van der Waals surface area contributed by atoms with Crippen molar-refractivity contribution < 1.29 is 0 Å². The Morgan fingerprint density at radius 3 is 1.75 bits per heavy atom. The van der Waals surface area contributed by atoms with Crippen LogP contribution in [0.2, 0.25) is 0 Å². The molecule has 0 saturated heterocycles. The van der Waals surface area contributed by atoms with Crippen LogP contribution in [0, 0.1) is 11.8 Å². The van der Waals surface area contributed by atoms with Crippen molar-refractivity contribution in [2.75, 3.05) is 0 Å². The molecular weight excluding hydrogens is 259 g/mol. The lowest BCUT2D eigenvalue weighted by Crippen LogP contribution is -2.24. The van der Waals surface area contributed by atoms with Crippen LogP contribution >= 0.6 is 7.92 Å². The second kappa shape index (κ2) is 5.19. The van der Waals surface area contributed by atoms with Crippen molar-refractivity contribution in [2.45, 2.75) is 18.5 Å². The Labute approximate surface area is 122 Å². The second-order valence-corrected chi connectivity index (χ2v) is 8.32. The Morgan fingerprint density at radius 2 is 1.30 bits per heavy atom. The second-order valence-electron chi connectivity index (χ2n) is 5.89. The zero-order valence-electron chi connectivity index (χ0n) is 11.5. The average molecular weight is 278 g/mol. The normalized spacial score (nSPS) is 27.4. The molecule has 0 aliphatic heterocycles. The monoisotopic (exact) mass is 278 g/mol. The van der Waals surface area contributed by atoms with Gasteiger partial charge in [-0.05, 0) is 48.9 Å². The van der Waals surface area contributed by atoms with E-state index in [-0.39, 0.29) is 7.92 Å². The van der Waals surface area contributed by atoms with E-state index in [0.717, 1.165) is 17.5 Å². The molecule has 4 rings (SSSR count). The molecule has 2 aliphatic rings. The van der Waals surface area contributed by atoms with Gasteiger partial charge in [0.25, 0.3) is 0 Å². The summed E-state index contributed by atoms with van der Waals surface area (Å²) in [5, 5.41) is 3.08. The molecule has 100 valence electrons.